The molecule has 1 unspecified atom stereocenters. The van der Waals surface area contributed by atoms with Gasteiger partial charge in [0.2, 0.25) is 0 Å². The Hall–Kier alpha value is -8.42. The Labute approximate surface area is 534 Å². The Bertz CT molecular complexity index is 3820. The second kappa shape index (κ2) is 29.1. The number of aryl methyl sites for hydroxylation is 3. The van der Waals surface area contributed by atoms with Crippen molar-refractivity contribution in [1.82, 2.24) is 0 Å². The van der Waals surface area contributed by atoms with E-state index in [0.29, 0.717) is 91.9 Å². The van der Waals surface area contributed by atoms with Gasteiger partial charge in [-0.05, 0) is 139 Å². The molecule has 0 spiro atoms. The van der Waals surface area contributed by atoms with Crippen LogP contribution in [0.4, 0.5) is 69.7 Å². The zero-order chi connectivity index (χ0) is 68.0. The van der Waals surface area contributed by atoms with Gasteiger partial charge in [-0.15, -0.1) is 0 Å². The predicted molar refractivity (Wildman–Crippen MR) is 326 cm³/mol. The number of benzene rings is 6. The van der Waals surface area contributed by atoms with E-state index >= 15 is 0 Å². The molecule has 0 amide bonds. The second-order valence-corrected chi connectivity index (χ2v) is 23.0. The van der Waals surface area contributed by atoms with Crippen LogP contribution in [0.2, 0.25) is 0 Å². The molecule has 0 aromatic heterocycles. The molecule has 6 aromatic carbocycles. The summed E-state index contributed by atoms with van der Waals surface area (Å²) in [6, 6.07) is 20.8. The highest BCUT2D eigenvalue weighted by Crippen LogP contribution is 2.44. The number of hydrogen-bond acceptors (Lipinski definition) is 13. The van der Waals surface area contributed by atoms with Gasteiger partial charge in [-0.3, -0.25) is 19.2 Å². The molecule has 12 rings (SSSR count). The number of morpholine rings is 3. The number of aldehydes is 1. The van der Waals surface area contributed by atoms with Crippen LogP contribution in [0.5, 0.6) is 17.2 Å². The summed E-state index contributed by atoms with van der Waals surface area (Å²) < 4.78 is 184. The molecule has 3 aliphatic carbocycles. The van der Waals surface area contributed by atoms with Gasteiger partial charge in [-0.1, -0.05) is 30.3 Å². The first-order valence-electron chi connectivity index (χ1n) is 30.0. The van der Waals surface area contributed by atoms with Crippen molar-refractivity contribution in [3.8, 4) is 17.2 Å². The Balaban J connectivity index is 0.000000153. The SMILES string of the molecule is COc1cc2c(cc1N1CCOCC1)C/C(=C\c1ccc(C(F)(F)F)c(C)c1)C2=O.COc1cc2c(cc1N1CCOCC1)CC(Cc1ccc(C(F)(F)F)c(C)c1)C2=O.COc1cc2c(cc1N1CCOCC1)CCC2=O.O=Cc1ccc(C(F)(F)F)c(C(F)(F)F)c1. The monoisotopic (exact) mass is 1330 g/mol. The van der Waals surface area contributed by atoms with Crippen molar-refractivity contribution in [2.75, 3.05) is 115 Å². The van der Waals surface area contributed by atoms with E-state index in [1.54, 1.807) is 45.6 Å². The number of alkyl halides is 12. The van der Waals surface area contributed by atoms with Crippen molar-refractivity contribution in [1.29, 1.82) is 0 Å². The molecule has 3 fully saturated rings. The van der Waals surface area contributed by atoms with Crippen molar-refractivity contribution in [3.05, 3.63) is 180 Å². The number of halogens is 12. The van der Waals surface area contributed by atoms with Gasteiger partial charge in [0.1, 0.15) is 23.5 Å². The first-order chi connectivity index (χ1) is 44.5. The zero-order valence-electron chi connectivity index (χ0n) is 51.9. The Morgan fingerprint density at radius 2 is 0.915 bits per heavy atom. The summed E-state index contributed by atoms with van der Waals surface area (Å²) in [7, 11) is 4.82. The highest BCUT2D eigenvalue weighted by atomic mass is 19.4. The van der Waals surface area contributed by atoms with E-state index in [0.717, 1.165) is 122 Å². The molecule has 0 saturated carbocycles. The van der Waals surface area contributed by atoms with Crippen LogP contribution in [0, 0.1) is 19.8 Å². The minimum absolute atomic E-state index is 0.0226. The molecule has 1 atom stereocenters. The maximum absolute atomic E-state index is 13.0. The van der Waals surface area contributed by atoms with E-state index in [4.69, 9.17) is 28.4 Å². The smallest absolute Gasteiger partial charge is 0.417 e. The molecule has 0 bridgehead atoms. The van der Waals surface area contributed by atoms with Crippen LogP contribution in [-0.4, -0.2) is 124 Å². The third-order valence-electron chi connectivity index (χ3n) is 17.0. The van der Waals surface area contributed by atoms with Crippen molar-refractivity contribution < 1.29 is 100 Å². The molecule has 6 aromatic rings. The molecule has 502 valence electrons. The molecule has 94 heavy (non-hydrogen) atoms. The number of ketones is 3. The number of carbonyl (C=O) groups excluding carboxylic acids is 4. The quantitative estimate of drug-likeness (QED) is 0.0732. The zero-order valence-corrected chi connectivity index (χ0v) is 51.9. The number of anilines is 3. The lowest BCUT2D eigenvalue weighted by Crippen LogP contribution is -2.36. The third-order valence-corrected chi connectivity index (χ3v) is 17.0. The minimum atomic E-state index is -5.15. The number of allylic oxidation sites excluding steroid dienone is 1. The van der Waals surface area contributed by atoms with E-state index in [1.165, 1.54) is 32.0 Å². The summed E-state index contributed by atoms with van der Waals surface area (Å²) in [6.45, 7) is 11.7. The summed E-state index contributed by atoms with van der Waals surface area (Å²) in [5.41, 5.74) is 4.86. The van der Waals surface area contributed by atoms with Crippen LogP contribution in [0.15, 0.2) is 96.6 Å². The maximum atomic E-state index is 13.0. The number of rotatable bonds is 10. The summed E-state index contributed by atoms with van der Waals surface area (Å²) >= 11 is 0. The van der Waals surface area contributed by atoms with E-state index in [-0.39, 0.29) is 52.8 Å². The number of ether oxygens (including phenoxy) is 6. The van der Waals surface area contributed by atoms with Gasteiger partial charge in [-0.25, -0.2) is 0 Å². The molecule has 0 radical (unpaired) electrons. The van der Waals surface area contributed by atoms with Crippen LogP contribution in [0.25, 0.3) is 6.08 Å². The average molecular weight is 1330 g/mol. The maximum Gasteiger partial charge on any atom is 0.417 e. The van der Waals surface area contributed by atoms with Crippen LogP contribution in [0.3, 0.4) is 0 Å². The number of Topliss-reactive ketones (excluding diaryl/α,β-unsaturated/α-hetero) is 3. The van der Waals surface area contributed by atoms with Gasteiger partial charge in [0, 0.05) is 85.9 Å². The van der Waals surface area contributed by atoms with E-state index in [9.17, 15) is 71.9 Å². The third kappa shape index (κ3) is 16.2. The molecule has 13 nitrogen and oxygen atoms in total. The average Bonchev–Trinajstić information content (AvgIpc) is 1.55. The van der Waals surface area contributed by atoms with Crippen molar-refractivity contribution in [2.24, 2.45) is 5.92 Å². The first-order valence-corrected chi connectivity index (χ1v) is 30.0. The van der Waals surface area contributed by atoms with Gasteiger partial charge in [0.25, 0.3) is 0 Å². The lowest BCUT2D eigenvalue weighted by molar-refractivity contribution is -0.162. The molecular formula is C69H67F12N3O10. The van der Waals surface area contributed by atoms with Gasteiger partial charge < -0.3 is 43.1 Å². The number of carbonyl (C=O) groups is 4. The largest absolute Gasteiger partial charge is 0.495 e. The molecule has 6 aliphatic rings. The summed E-state index contributed by atoms with van der Waals surface area (Å²) in [5.74, 6) is 1.96. The van der Waals surface area contributed by atoms with Crippen molar-refractivity contribution in [3.63, 3.8) is 0 Å². The molecule has 25 heteroatoms. The van der Waals surface area contributed by atoms with Crippen LogP contribution < -0.4 is 28.9 Å². The molecule has 3 aliphatic heterocycles. The predicted octanol–water partition coefficient (Wildman–Crippen LogP) is 14.3. The normalized spacial score (nSPS) is 17.7. The number of methoxy groups -OCH3 is 3. The van der Waals surface area contributed by atoms with E-state index in [2.05, 4.69) is 20.8 Å². The summed E-state index contributed by atoms with van der Waals surface area (Å²) in [6.07, 6.45) is -14.4. The number of fused-ring (bicyclic) bond motifs is 3. The summed E-state index contributed by atoms with van der Waals surface area (Å²) in [5, 5.41) is 0. The molecular weight excluding hydrogens is 1260 g/mol. The van der Waals surface area contributed by atoms with Gasteiger partial charge in [0.05, 0.1) is 100 Å². The van der Waals surface area contributed by atoms with Gasteiger partial charge in [0.15, 0.2) is 17.3 Å². The fraction of sp³-hybridized carbons (Fsp3) is 0.391. The van der Waals surface area contributed by atoms with Gasteiger partial charge in [-0.2, -0.15) is 52.7 Å². The van der Waals surface area contributed by atoms with Crippen molar-refractivity contribution >= 4 is 46.8 Å². The highest BCUT2D eigenvalue weighted by molar-refractivity contribution is 6.16. The van der Waals surface area contributed by atoms with Crippen molar-refractivity contribution in [2.45, 2.75) is 70.7 Å². The van der Waals surface area contributed by atoms with Crippen LogP contribution in [-0.2, 0) is 64.6 Å². The van der Waals surface area contributed by atoms with Crippen LogP contribution >= 0.6 is 0 Å². The van der Waals surface area contributed by atoms with Crippen LogP contribution in [0.1, 0.15) is 109 Å². The molecule has 3 saturated heterocycles. The Morgan fingerprint density at radius 3 is 1.38 bits per heavy atom. The fourth-order valence-electron chi connectivity index (χ4n) is 12.3. The van der Waals surface area contributed by atoms with E-state index < -0.39 is 52.5 Å². The highest BCUT2D eigenvalue weighted by Gasteiger charge is 2.43. The summed E-state index contributed by atoms with van der Waals surface area (Å²) in [4.78, 5) is 54.5. The molecule has 0 N–H and O–H groups in total. The number of nitrogens with zero attached hydrogens (tertiary/aromatic N) is 3. The number of hydrogen-bond donors (Lipinski definition) is 0. The minimum Gasteiger partial charge on any atom is -0.495 e. The Kier molecular flexibility index (Phi) is 21.6. The standard InChI is InChI=1S/C23H24F3NO3.C23H22F3NO3.C14H17NO3.C9H4F6O/c2*1-14-9-15(3-4-19(14)23(24,25)26)10-17-11-16-12-20(27-5-7-30-8-6-27)21(29-2)13-18(16)22(17)28;1-17-14-9-11-10(2-3-13(11)16)8-12(14)15-4-6-18-7-5-15;10-8(11,12)6-2-1-5(4-16)3-7(6)9(13,14)15/h3-4,9,12-13,17H,5-8,10-11H2,1-2H3;3-4,9-10,12-13H,5-8,11H2,1-2H3;8-9H,2-7H2,1H3;1-4H/b;17-10+;;. The molecule has 3 heterocycles. The van der Waals surface area contributed by atoms with Gasteiger partial charge >= 0.3 is 24.7 Å². The topological polar surface area (TPSA) is 133 Å². The lowest BCUT2D eigenvalue weighted by Gasteiger charge is -2.30. The van der Waals surface area contributed by atoms with E-state index in [1.807, 2.05) is 18.2 Å². The second-order valence-electron chi connectivity index (χ2n) is 23.0. The Morgan fingerprint density at radius 1 is 0.479 bits per heavy atom. The lowest BCUT2D eigenvalue weighted by atomic mass is 9.93. The fourth-order valence-corrected chi connectivity index (χ4v) is 12.3. The first kappa shape index (κ1) is 69.9.